The first-order chi connectivity index (χ1) is 11.0. The largest absolute Gasteiger partial charge is 0.385 e. The molecule has 0 aliphatic heterocycles. The molecule has 4 rings (SSSR count). The summed E-state index contributed by atoms with van der Waals surface area (Å²) in [5.41, 5.74) is 0.885. The van der Waals surface area contributed by atoms with Gasteiger partial charge in [-0.25, -0.2) is 0 Å². The average molecular weight is 424 g/mol. The predicted molar refractivity (Wildman–Crippen MR) is 100 cm³/mol. The number of halogens is 1. The van der Waals surface area contributed by atoms with E-state index in [9.17, 15) is 9.90 Å². The zero-order valence-corrected chi connectivity index (χ0v) is 16.1. The first-order valence-electron chi connectivity index (χ1n) is 9.22. The maximum absolute atomic E-state index is 11.8. The third-order valence-corrected chi connectivity index (χ3v) is 8.21. The SMILES string of the molecule is C[C@]12CCC3[C@@H](CCC4=CC(=O)CC[C@@H]43)[C@@H]1CC[C@@]2(O)/C=C/[125I]. The third-order valence-electron chi connectivity index (χ3n) is 7.85. The summed E-state index contributed by atoms with van der Waals surface area (Å²) in [4.78, 5) is 11.8. The van der Waals surface area contributed by atoms with Crippen molar-refractivity contribution in [1.29, 1.82) is 0 Å². The van der Waals surface area contributed by atoms with Crippen LogP contribution < -0.4 is 0 Å². The van der Waals surface area contributed by atoms with E-state index in [0.29, 0.717) is 17.6 Å². The molecule has 4 aliphatic rings. The molecule has 0 heterocycles. The molecular formula is C20H27IO2. The lowest BCUT2D eigenvalue weighted by atomic mass is 9.50. The second-order valence-electron chi connectivity index (χ2n) is 8.52. The molecule has 3 saturated carbocycles. The Kier molecular flexibility index (Phi) is 4.03. The van der Waals surface area contributed by atoms with Gasteiger partial charge in [0.05, 0.1) is 5.60 Å². The number of ketones is 1. The molecule has 1 unspecified atom stereocenters. The van der Waals surface area contributed by atoms with Crippen molar-refractivity contribution in [2.45, 2.75) is 63.9 Å². The highest BCUT2D eigenvalue weighted by molar-refractivity contribution is 14.1. The van der Waals surface area contributed by atoms with Gasteiger partial charge in [0.1, 0.15) is 0 Å². The van der Waals surface area contributed by atoms with Gasteiger partial charge in [0, 0.05) is 11.8 Å². The second kappa shape index (κ2) is 5.69. The van der Waals surface area contributed by atoms with Crippen molar-refractivity contribution >= 4 is 28.4 Å². The maximum Gasteiger partial charge on any atom is 0.155 e. The summed E-state index contributed by atoms with van der Waals surface area (Å²) in [5, 5.41) is 11.3. The number of carbonyl (C=O) groups excluding carboxylic acids is 1. The molecule has 23 heavy (non-hydrogen) atoms. The molecule has 1 N–H and O–H groups in total. The Bertz CT molecular complexity index is 580. The maximum atomic E-state index is 11.8. The van der Waals surface area contributed by atoms with Crippen LogP contribution in [0.5, 0.6) is 0 Å². The molecule has 0 aromatic heterocycles. The van der Waals surface area contributed by atoms with Crippen LogP contribution in [0.15, 0.2) is 21.8 Å². The molecule has 0 radical (unpaired) electrons. The zero-order valence-electron chi connectivity index (χ0n) is 13.9. The summed E-state index contributed by atoms with van der Waals surface area (Å²) in [5.74, 6) is 3.16. The standard InChI is InChI=1S/C20H27IO2/c1-19-8-6-16-15-5-3-14(22)12-13(15)2-4-17(16)18(19)7-9-20(19,23)10-11-21/h10-12,15-18,23H,2-9H2,1H3/b11-10+/t15-,16?,17+,18-,19-,20+/m0/s1/i21-2. The quantitative estimate of drug-likeness (QED) is 0.614. The fourth-order valence-corrected chi connectivity index (χ4v) is 7.20. The Morgan fingerprint density at radius 2 is 2.00 bits per heavy atom. The fraction of sp³-hybridized carbons (Fsp3) is 0.750. The molecule has 3 fully saturated rings. The second-order valence-corrected chi connectivity index (χ2v) is 9.23. The van der Waals surface area contributed by atoms with Crippen molar-refractivity contribution in [3.05, 3.63) is 21.8 Å². The van der Waals surface area contributed by atoms with Gasteiger partial charge in [-0.2, -0.15) is 0 Å². The van der Waals surface area contributed by atoms with Gasteiger partial charge in [-0.1, -0.05) is 35.1 Å². The van der Waals surface area contributed by atoms with Crippen LogP contribution in [0.2, 0.25) is 0 Å². The van der Waals surface area contributed by atoms with E-state index in [2.05, 4.69) is 35.6 Å². The van der Waals surface area contributed by atoms with Crippen molar-refractivity contribution in [3.8, 4) is 0 Å². The number of fused-ring (bicyclic) bond motifs is 5. The minimum absolute atomic E-state index is 0.0432. The summed E-state index contributed by atoms with van der Waals surface area (Å²) in [7, 11) is 0. The van der Waals surface area contributed by atoms with Crippen molar-refractivity contribution in [3.63, 3.8) is 0 Å². The van der Waals surface area contributed by atoms with Gasteiger partial charge in [0.15, 0.2) is 5.78 Å². The van der Waals surface area contributed by atoms with Crippen LogP contribution in [-0.4, -0.2) is 16.5 Å². The van der Waals surface area contributed by atoms with Crippen LogP contribution in [0.4, 0.5) is 0 Å². The van der Waals surface area contributed by atoms with Gasteiger partial charge < -0.3 is 5.11 Å². The Balaban J connectivity index is 1.64. The lowest BCUT2D eigenvalue weighted by molar-refractivity contribution is -0.116. The van der Waals surface area contributed by atoms with Gasteiger partial charge in [-0.3, -0.25) is 4.79 Å². The van der Waals surface area contributed by atoms with Crippen LogP contribution in [-0.2, 0) is 4.79 Å². The summed E-state index contributed by atoms with van der Waals surface area (Å²) >= 11 is 2.24. The Hall–Kier alpha value is -0.160. The van der Waals surface area contributed by atoms with E-state index in [1.165, 1.54) is 24.8 Å². The monoisotopic (exact) mass is 424 g/mol. The molecule has 0 bridgehead atoms. The highest BCUT2D eigenvalue weighted by Gasteiger charge is 2.61. The van der Waals surface area contributed by atoms with Gasteiger partial charge >= 0.3 is 0 Å². The Morgan fingerprint density at radius 1 is 1.17 bits per heavy atom. The number of allylic oxidation sites excluding steroid dienone is 1. The summed E-state index contributed by atoms with van der Waals surface area (Å²) < 4.78 is 2.01. The van der Waals surface area contributed by atoms with Gasteiger partial charge in [-0.05, 0) is 84.9 Å². The molecule has 0 aromatic carbocycles. The van der Waals surface area contributed by atoms with E-state index in [-0.39, 0.29) is 5.41 Å². The summed E-state index contributed by atoms with van der Waals surface area (Å²) in [6, 6.07) is 0. The Morgan fingerprint density at radius 3 is 2.78 bits per heavy atom. The molecule has 0 amide bonds. The van der Waals surface area contributed by atoms with Crippen molar-refractivity contribution in [2.75, 3.05) is 0 Å². The van der Waals surface area contributed by atoms with Gasteiger partial charge in [0.25, 0.3) is 0 Å². The smallest absolute Gasteiger partial charge is 0.155 e. The molecule has 0 spiro atoms. The molecular weight excluding hydrogens is 397 g/mol. The van der Waals surface area contributed by atoms with Crippen LogP contribution in [0.25, 0.3) is 0 Å². The number of hydrogen-bond donors (Lipinski definition) is 1. The predicted octanol–water partition coefficient (Wildman–Crippen LogP) is 4.81. The van der Waals surface area contributed by atoms with Crippen LogP contribution in [0.3, 0.4) is 0 Å². The van der Waals surface area contributed by atoms with E-state index < -0.39 is 5.60 Å². The normalized spacial score (nSPS) is 49.5. The lowest BCUT2D eigenvalue weighted by Gasteiger charge is -2.55. The van der Waals surface area contributed by atoms with E-state index in [4.69, 9.17) is 0 Å². The van der Waals surface area contributed by atoms with Gasteiger partial charge in [0.2, 0.25) is 0 Å². The molecule has 0 saturated heterocycles. The van der Waals surface area contributed by atoms with Crippen molar-refractivity contribution < 1.29 is 9.90 Å². The minimum Gasteiger partial charge on any atom is -0.385 e. The van der Waals surface area contributed by atoms with Crippen LogP contribution in [0.1, 0.15) is 58.3 Å². The minimum atomic E-state index is -0.609. The van der Waals surface area contributed by atoms with E-state index in [1.807, 2.05) is 10.2 Å². The summed E-state index contributed by atoms with van der Waals surface area (Å²) in [6.45, 7) is 2.34. The lowest BCUT2D eigenvalue weighted by Crippen LogP contribution is -2.51. The number of carbonyl (C=O) groups is 1. The number of rotatable bonds is 1. The molecule has 0 aromatic rings. The van der Waals surface area contributed by atoms with E-state index in [0.717, 1.165) is 43.9 Å². The molecule has 6 atom stereocenters. The van der Waals surface area contributed by atoms with E-state index >= 15 is 0 Å². The summed E-state index contributed by atoms with van der Waals surface area (Å²) in [6.07, 6.45) is 12.6. The molecule has 126 valence electrons. The number of aliphatic hydroxyl groups is 1. The fourth-order valence-electron chi connectivity index (χ4n) is 6.61. The first-order valence-corrected chi connectivity index (χ1v) is 10.5. The van der Waals surface area contributed by atoms with Crippen LogP contribution in [0, 0.1) is 29.1 Å². The van der Waals surface area contributed by atoms with Crippen molar-refractivity contribution in [1.82, 2.24) is 0 Å². The number of hydrogen-bond acceptors (Lipinski definition) is 2. The zero-order chi connectivity index (χ0) is 16.2. The van der Waals surface area contributed by atoms with Crippen LogP contribution >= 0.6 is 22.6 Å². The molecule has 4 aliphatic carbocycles. The highest BCUT2D eigenvalue weighted by atomic mass is 125. The molecule has 2 nitrogen and oxygen atoms in total. The molecule has 3 heteroatoms. The average Bonchev–Trinajstić information content (AvgIpc) is 2.79. The van der Waals surface area contributed by atoms with E-state index in [1.54, 1.807) is 0 Å². The topological polar surface area (TPSA) is 37.3 Å². The van der Waals surface area contributed by atoms with Crippen molar-refractivity contribution in [2.24, 2.45) is 29.1 Å². The highest BCUT2D eigenvalue weighted by Crippen LogP contribution is 2.65. The third kappa shape index (κ3) is 2.32. The first kappa shape index (κ1) is 16.3. The Labute approximate surface area is 152 Å². The van der Waals surface area contributed by atoms with Gasteiger partial charge in [-0.15, -0.1) is 0 Å².